The predicted molar refractivity (Wildman–Crippen MR) is 81.8 cm³/mol. The number of hydrogen-bond acceptors (Lipinski definition) is 1. The molecule has 3 heteroatoms. The van der Waals surface area contributed by atoms with Crippen molar-refractivity contribution in [2.75, 3.05) is 6.54 Å². The molecular weight excluding hydrogens is 270 g/mol. The van der Waals surface area contributed by atoms with Gasteiger partial charge in [-0.25, -0.2) is 0 Å². The van der Waals surface area contributed by atoms with E-state index in [0.29, 0.717) is 0 Å². The van der Waals surface area contributed by atoms with E-state index in [4.69, 9.17) is 11.6 Å². The second kappa shape index (κ2) is 6.01. The first-order valence-corrected chi connectivity index (χ1v) is 7.82. The van der Waals surface area contributed by atoms with Crippen molar-refractivity contribution in [2.24, 2.45) is 0 Å². The molecule has 20 heavy (non-hydrogen) atoms. The zero-order chi connectivity index (χ0) is 13.9. The van der Waals surface area contributed by atoms with Crippen LogP contribution in [0.5, 0.6) is 0 Å². The average molecular weight is 290 g/mol. The van der Waals surface area contributed by atoms with Crippen molar-refractivity contribution in [2.45, 2.75) is 44.6 Å². The molecule has 0 saturated heterocycles. The third-order valence-electron chi connectivity index (χ3n) is 4.56. The monoisotopic (exact) mass is 289 g/mol. The highest BCUT2D eigenvalue weighted by Gasteiger charge is 2.29. The Morgan fingerprint density at radius 1 is 1.25 bits per heavy atom. The van der Waals surface area contributed by atoms with Crippen molar-refractivity contribution in [1.29, 1.82) is 0 Å². The number of rotatable bonds is 3. The van der Waals surface area contributed by atoms with Gasteiger partial charge < -0.3 is 4.90 Å². The zero-order valence-electron chi connectivity index (χ0n) is 11.6. The van der Waals surface area contributed by atoms with E-state index in [1.165, 1.54) is 30.4 Å². The third-order valence-corrected chi connectivity index (χ3v) is 4.79. The molecule has 1 unspecified atom stereocenters. The summed E-state index contributed by atoms with van der Waals surface area (Å²) in [5.74, 6) is 0. The van der Waals surface area contributed by atoms with E-state index in [2.05, 4.69) is 6.07 Å². The van der Waals surface area contributed by atoms with Crippen molar-refractivity contribution in [1.82, 2.24) is 4.90 Å². The maximum atomic E-state index is 11.4. The van der Waals surface area contributed by atoms with Gasteiger partial charge in [0.25, 0.3) is 0 Å². The van der Waals surface area contributed by atoms with Crippen molar-refractivity contribution in [3.05, 3.63) is 46.0 Å². The SMILES string of the molecule is O=CN1CCC2=C(CCCC2)C1Cc1cccc(Cl)c1. The molecule has 0 saturated carbocycles. The molecular formula is C17H20ClNO. The molecule has 106 valence electrons. The molecule has 0 spiro atoms. The molecule has 2 aliphatic rings. The second-order valence-electron chi connectivity index (χ2n) is 5.78. The highest BCUT2D eigenvalue weighted by molar-refractivity contribution is 6.30. The van der Waals surface area contributed by atoms with Crippen LogP contribution in [0.1, 0.15) is 37.7 Å². The van der Waals surface area contributed by atoms with E-state index in [1.807, 2.05) is 23.1 Å². The van der Waals surface area contributed by atoms with Gasteiger partial charge in [-0.1, -0.05) is 29.3 Å². The smallest absolute Gasteiger partial charge is 0.210 e. The molecule has 1 amide bonds. The Kier molecular flexibility index (Phi) is 4.11. The van der Waals surface area contributed by atoms with E-state index in [9.17, 15) is 4.79 Å². The van der Waals surface area contributed by atoms with Crippen molar-refractivity contribution in [3.63, 3.8) is 0 Å². The molecule has 0 N–H and O–H groups in total. The maximum Gasteiger partial charge on any atom is 0.210 e. The summed E-state index contributed by atoms with van der Waals surface area (Å²) in [4.78, 5) is 13.4. The lowest BCUT2D eigenvalue weighted by molar-refractivity contribution is -0.119. The fraction of sp³-hybridized carbons (Fsp3) is 0.471. The van der Waals surface area contributed by atoms with Gasteiger partial charge in [-0.15, -0.1) is 0 Å². The number of carbonyl (C=O) groups excluding carboxylic acids is 1. The molecule has 1 aliphatic carbocycles. The largest absolute Gasteiger partial charge is 0.338 e. The number of benzene rings is 1. The third kappa shape index (κ3) is 2.76. The summed E-state index contributed by atoms with van der Waals surface area (Å²) in [5, 5.41) is 0.772. The molecule has 1 heterocycles. The van der Waals surface area contributed by atoms with Gasteiger partial charge in [0.05, 0.1) is 6.04 Å². The zero-order valence-corrected chi connectivity index (χ0v) is 12.4. The van der Waals surface area contributed by atoms with Crippen LogP contribution >= 0.6 is 11.6 Å². The highest BCUT2D eigenvalue weighted by atomic mass is 35.5. The molecule has 2 nitrogen and oxygen atoms in total. The van der Waals surface area contributed by atoms with Gasteiger partial charge in [0, 0.05) is 11.6 Å². The summed E-state index contributed by atoms with van der Waals surface area (Å²) in [7, 11) is 0. The molecule has 0 radical (unpaired) electrons. The highest BCUT2D eigenvalue weighted by Crippen LogP contribution is 2.35. The lowest BCUT2D eigenvalue weighted by Gasteiger charge is -2.39. The van der Waals surface area contributed by atoms with Crippen molar-refractivity contribution in [3.8, 4) is 0 Å². The predicted octanol–water partition coefficient (Wildman–Crippen LogP) is 3.98. The van der Waals surface area contributed by atoms with Crippen LogP contribution in [-0.2, 0) is 11.2 Å². The fourth-order valence-electron chi connectivity index (χ4n) is 3.55. The standard InChI is InChI=1S/C17H20ClNO/c18-15-6-3-4-13(10-15)11-17-16-7-2-1-5-14(16)8-9-19(17)12-20/h3-4,6,10,12,17H,1-2,5,7-9,11H2. The van der Waals surface area contributed by atoms with Crippen LogP contribution in [0.15, 0.2) is 35.4 Å². The molecule has 3 rings (SSSR count). The van der Waals surface area contributed by atoms with Crippen LogP contribution in [0, 0.1) is 0 Å². The van der Waals surface area contributed by atoms with Crippen LogP contribution in [0.2, 0.25) is 5.02 Å². The molecule has 0 fully saturated rings. The number of carbonyl (C=O) groups is 1. The quantitative estimate of drug-likeness (QED) is 0.609. The molecule has 1 aromatic carbocycles. The molecule has 1 aromatic rings. The van der Waals surface area contributed by atoms with Crippen LogP contribution in [0.4, 0.5) is 0 Å². The van der Waals surface area contributed by atoms with Crippen LogP contribution < -0.4 is 0 Å². The first-order chi connectivity index (χ1) is 9.78. The molecule has 0 aromatic heterocycles. The topological polar surface area (TPSA) is 20.3 Å². The molecule has 1 atom stereocenters. The van der Waals surface area contributed by atoms with Crippen LogP contribution in [-0.4, -0.2) is 23.9 Å². The van der Waals surface area contributed by atoms with Gasteiger partial charge >= 0.3 is 0 Å². The van der Waals surface area contributed by atoms with Gasteiger partial charge in [-0.3, -0.25) is 4.79 Å². The maximum absolute atomic E-state index is 11.4. The van der Waals surface area contributed by atoms with Crippen molar-refractivity contribution < 1.29 is 4.79 Å². The number of hydrogen-bond donors (Lipinski definition) is 0. The number of nitrogens with zero attached hydrogens (tertiary/aromatic N) is 1. The molecule has 1 aliphatic heterocycles. The Balaban J connectivity index is 1.88. The minimum absolute atomic E-state index is 0.245. The van der Waals surface area contributed by atoms with Crippen LogP contribution in [0.25, 0.3) is 0 Å². The van der Waals surface area contributed by atoms with Gasteiger partial charge in [-0.2, -0.15) is 0 Å². The van der Waals surface area contributed by atoms with Gasteiger partial charge in [0.2, 0.25) is 6.41 Å². The first kappa shape index (κ1) is 13.7. The Morgan fingerprint density at radius 3 is 2.90 bits per heavy atom. The summed E-state index contributed by atoms with van der Waals surface area (Å²) in [6.45, 7) is 0.869. The first-order valence-electron chi connectivity index (χ1n) is 7.44. The van der Waals surface area contributed by atoms with E-state index in [1.54, 1.807) is 5.57 Å². The van der Waals surface area contributed by atoms with E-state index in [-0.39, 0.29) is 6.04 Å². The number of halogens is 1. The second-order valence-corrected chi connectivity index (χ2v) is 6.22. The Labute approximate surface area is 125 Å². The lowest BCUT2D eigenvalue weighted by atomic mass is 9.80. The van der Waals surface area contributed by atoms with E-state index >= 15 is 0 Å². The summed E-state index contributed by atoms with van der Waals surface area (Å²) in [6.07, 6.45) is 7.94. The summed E-state index contributed by atoms with van der Waals surface area (Å²) >= 11 is 6.08. The Hall–Kier alpha value is -1.28. The Bertz CT molecular complexity index is 538. The normalized spacial score (nSPS) is 22.6. The van der Waals surface area contributed by atoms with Gasteiger partial charge in [-0.05, 0) is 61.8 Å². The van der Waals surface area contributed by atoms with E-state index in [0.717, 1.165) is 37.2 Å². The summed E-state index contributed by atoms with van der Waals surface area (Å²) in [6, 6.07) is 8.25. The lowest BCUT2D eigenvalue weighted by Crippen LogP contribution is -2.42. The molecule has 0 bridgehead atoms. The fourth-order valence-corrected chi connectivity index (χ4v) is 3.77. The van der Waals surface area contributed by atoms with Gasteiger partial charge in [0.15, 0.2) is 0 Å². The minimum Gasteiger partial charge on any atom is -0.338 e. The Morgan fingerprint density at radius 2 is 2.10 bits per heavy atom. The summed E-state index contributed by atoms with van der Waals surface area (Å²) < 4.78 is 0. The van der Waals surface area contributed by atoms with E-state index < -0.39 is 0 Å². The van der Waals surface area contributed by atoms with Crippen LogP contribution in [0.3, 0.4) is 0 Å². The average Bonchev–Trinajstić information content (AvgIpc) is 2.48. The minimum atomic E-state index is 0.245. The summed E-state index contributed by atoms with van der Waals surface area (Å²) in [5.41, 5.74) is 4.35. The van der Waals surface area contributed by atoms with Crippen molar-refractivity contribution >= 4 is 18.0 Å². The van der Waals surface area contributed by atoms with Gasteiger partial charge in [0.1, 0.15) is 0 Å². The number of amides is 1.